The van der Waals surface area contributed by atoms with Gasteiger partial charge in [-0.05, 0) is 46.9 Å². The van der Waals surface area contributed by atoms with Crippen LogP contribution in [0.25, 0.3) is 72.0 Å². The molecule has 8 rings (SSSR count). The van der Waals surface area contributed by atoms with E-state index in [0.717, 1.165) is 5.65 Å². The van der Waals surface area contributed by atoms with Crippen molar-refractivity contribution in [2.45, 2.75) is 6.92 Å². The molecule has 0 aliphatic rings. The van der Waals surface area contributed by atoms with Crippen LogP contribution in [-0.4, -0.2) is 4.98 Å². The fourth-order valence-corrected chi connectivity index (χ4v) is 6.50. The molecule has 0 atom stereocenters. The number of aryl methyl sites for hydroxylation is 1. The van der Waals surface area contributed by atoms with E-state index in [9.17, 15) is 0 Å². The van der Waals surface area contributed by atoms with Crippen LogP contribution in [0.4, 0.5) is 0 Å². The van der Waals surface area contributed by atoms with Gasteiger partial charge in [0.05, 0.1) is 5.56 Å². The minimum Gasteiger partial charge on any atom is -0.242 e. The second-order valence-corrected chi connectivity index (χ2v) is 10.5. The van der Waals surface area contributed by atoms with Crippen LogP contribution in [0, 0.1) is 6.92 Å². The first-order chi connectivity index (χ1) is 19.8. The summed E-state index contributed by atoms with van der Waals surface area (Å²) in [5.41, 5.74) is 14.6. The molecule has 0 spiro atoms. The fraction of sp³-hybridized carbons (Fsp3) is 0.0263. The number of rotatable bonds is 4. The van der Waals surface area contributed by atoms with Crippen LogP contribution in [0.5, 0.6) is 0 Å². The molecule has 0 saturated heterocycles. The first-order valence-electron chi connectivity index (χ1n) is 13.8. The molecule has 0 saturated carbocycles. The summed E-state index contributed by atoms with van der Waals surface area (Å²) >= 11 is 0. The van der Waals surface area contributed by atoms with E-state index in [0.29, 0.717) is 0 Å². The summed E-state index contributed by atoms with van der Waals surface area (Å²) < 4.78 is 2.47. The molecule has 0 unspecified atom stereocenters. The molecular weight excluding hydrogens is 484 g/mol. The molecule has 0 fully saturated rings. The van der Waals surface area contributed by atoms with Crippen molar-refractivity contribution in [2.24, 2.45) is 0 Å². The number of H-pyrrole nitrogens is 1. The van der Waals surface area contributed by atoms with Crippen LogP contribution in [-0.2, 0) is 0 Å². The average Bonchev–Trinajstić information content (AvgIpc) is 3.45. The number of pyridine rings is 2. The smallest absolute Gasteiger partial charge is 0.242 e. The maximum absolute atomic E-state index is 3.76. The Morgan fingerprint density at radius 1 is 0.475 bits per heavy atom. The molecule has 5 aromatic carbocycles. The van der Waals surface area contributed by atoms with E-state index in [1.165, 1.54) is 71.9 Å². The Balaban J connectivity index is 1.67. The summed E-state index contributed by atoms with van der Waals surface area (Å²) in [7, 11) is 0. The van der Waals surface area contributed by atoms with E-state index >= 15 is 0 Å². The van der Waals surface area contributed by atoms with Gasteiger partial charge in [-0.2, -0.15) is 4.40 Å². The van der Waals surface area contributed by atoms with Gasteiger partial charge in [0.2, 0.25) is 0 Å². The second kappa shape index (κ2) is 8.93. The summed E-state index contributed by atoms with van der Waals surface area (Å²) in [6, 6.07) is 48.0. The third-order valence-electron chi connectivity index (χ3n) is 8.07. The molecule has 3 heterocycles. The Labute approximate surface area is 233 Å². The molecule has 1 N–H and O–H groups in total. The number of hydrogen-bond donors (Lipinski definition) is 1. The number of aromatic amines is 1. The van der Waals surface area contributed by atoms with E-state index in [-0.39, 0.29) is 0 Å². The van der Waals surface area contributed by atoms with E-state index < -0.39 is 0 Å². The Morgan fingerprint density at radius 2 is 0.875 bits per heavy atom. The van der Waals surface area contributed by atoms with Gasteiger partial charge in [-0.1, -0.05) is 121 Å². The zero-order valence-corrected chi connectivity index (χ0v) is 22.2. The molecule has 0 aliphatic carbocycles. The fourth-order valence-electron chi connectivity index (χ4n) is 6.50. The molecule has 0 radical (unpaired) electrons. The van der Waals surface area contributed by atoms with Gasteiger partial charge in [-0.25, -0.2) is 4.98 Å². The molecule has 2 heteroatoms. The van der Waals surface area contributed by atoms with Crippen LogP contribution < -0.4 is 4.40 Å². The molecular formula is C38H27N2+. The first-order valence-corrected chi connectivity index (χ1v) is 13.8. The lowest BCUT2D eigenvalue weighted by Crippen LogP contribution is -2.25. The molecule has 8 aromatic rings. The van der Waals surface area contributed by atoms with E-state index in [4.69, 9.17) is 0 Å². The third kappa shape index (κ3) is 3.33. The highest BCUT2D eigenvalue weighted by Crippen LogP contribution is 2.46. The van der Waals surface area contributed by atoms with Crippen LogP contribution in [0.15, 0.2) is 140 Å². The zero-order chi connectivity index (χ0) is 26.6. The lowest BCUT2D eigenvalue weighted by atomic mass is 9.86. The number of imidazole rings is 1. The van der Waals surface area contributed by atoms with Crippen molar-refractivity contribution in [1.29, 1.82) is 0 Å². The SMILES string of the molecule is Cc1cc2c(-c3ccccc3)c(-c3ccccc3)c3c[nH]c4c(-c5ccccc5)c(-c5ccccc5)c(c1)c2[n+]34. The Hall–Kier alpha value is -5.21. The summed E-state index contributed by atoms with van der Waals surface area (Å²) in [4.78, 5) is 3.76. The molecule has 188 valence electrons. The van der Waals surface area contributed by atoms with Crippen LogP contribution in [0.3, 0.4) is 0 Å². The van der Waals surface area contributed by atoms with Gasteiger partial charge < -0.3 is 0 Å². The molecule has 2 nitrogen and oxygen atoms in total. The van der Waals surface area contributed by atoms with E-state index in [1.807, 2.05) is 0 Å². The van der Waals surface area contributed by atoms with Gasteiger partial charge >= 0.3 is 0 Å². The highest BCUT2D eigenvalue weighted by molar-refractivity contribution is 6.16. The van der Waals surface area contributed by atoms with Crippen molar-refractivity contribution in [3.63, 3.8) is 0 Å². The van der Waals surface area contributed by atoms with Gasteiger partial charge in [0.15, 0.2) is 5.52 Å². The molecule has 3 aromatic heterocycles. The number of aromatic nitrogens is 2. The van der Waals surface area contributed by atoms with Crippen molar-refractivity contribution in [3.05, 3.63) is 145 Å². The predicted molar refractivity (Wildman–Crippen MR) is 167 cm³/mol. The normalized spacial score (nSPS) is 11.6. The van der Waals surface area contributed by atoms with Gasteiger partial charge in [-0.3, -0.25) is 0 Å². The standard InChI is InChI=1S/C38H26N2/c1-25-22-30-33(26-14-6-2-7-15-26)35(28-18-10-4-11-19-28)32-24-39-38-36(29-20-12-5-13-21-29)34(27-16-8-3-9-17-27)31(23-25)37(30)40(32)38/h2-24H,1H3/p+1. The van der Waals surface area contributed by atoms with Crippen molar-refractivity contribution in [3.8, 4) is 44.5 Å². The number of hydrogen-bond acceptors (Lipinski definition) is 0. The molecule has 40 heavy (non-hydrogen) atoms. The predicted octanol–water partition coefficient (Wildman–Crippen LogP) is 9.47. The minimum absolute atomic E-state index is 1.11. The number of nitrogens with zero attached hydrogens (tertiary/aromatic N) is 1. The largest absolute Gasteiger partial charge is 0.293 e. The number of benzene rings is 5. The second-order valence-electron chi connectivity index (χ2n) is 10.5. The maximum Gasteiger partial charge on any atom is 0.293 e. The van der Waals surface area contributed by atoms with Crippen LogP contribution >= 0.6 is 0 Å². The van der Waals surface area contributed by atoms with Crippen molar-refractivity contribution < 1.29 is 4.40 Å². The summed E-state index contributed by atoms with van der Waals surface area (Å²) in [6.07, 6.45) is 2.20. The van der Waals surface area contributed by atoms with Gasteiger partial charge in [0.25, 0.3) is 5.65 Å². The van der Waals surface area contributed by atoms with E-state index in [1.54, 1.807) is 0 Å². The van der Waals surface area contributed by atoms with E-state index in [2.05, 4.69) is 156 Å². The maximum atomic E-state index is 3.76. The minimum atomic E-state index is 1.11. The lowest BCUT2D eigenvalue weighted by molar-refractivity contribution is -0.448. The zero-order valence-electron chi connectivity index (χ0n) is 22.2. The topological polar surface area (TPSA) is 19.9 Å². The average molecular weight is 512 g/mol. The van der Waals surface area contributed by atoms with Crippen LogP contribution in [0.1, 0.15) is 5.56 Å². The monoisotopic (exact) mass is 511 g/mol. The van der Waals surface area contributed by atoms with Crippen LogP contribution in [0.2, 0.25) is 0 Å². The molecule has 0 bridgehead atoms. The molecule has 0 aliphatic heterocycles. The van der Waals surface area contributed by atoms with Gasteiger partial charge in [-0.15, -0.1) is 0 Å². The number of nitrogens with one attached hydrogen (secondary N) is 1. The Kier molecular flexibility index (Phi) is 5.08. The van der Waals surface area contributed by atoms with Crippen molar-refractivity contribution in [1.82, 2.24) is 4.98 Å². The summed E-state index contributed by atoms with van der Waals surface area (Å²) in [5, 5.41) is 2.53. The summed E-state index contributed by atoms with van der Waals surface area (Å²) in [6.45, 7) is 2.22. The van der Waals surface area contributed by atoms with Gasteiger partial charge in [0, 0.05) is 27.5 Å². The lowest BCUT2D eigenvalue weighted by Gasteiger charge is -2.19. The highest BCUT2D eigenvalue weighted by Gasteiger charge is 2.31. The van der Waals surface area contributed by atoms with Crippen molar-refractivity contribution >= 4 is 27.5 Å². The Morgan fingerprint density at radius 3 is 1.35 bits per heavy atom. The first kappa shape index (κ1) is 22.7. The Bertz CT molecular complexity index is 1980. The van der Waals surface area contributed by atoms with Crippen molar-refractivity contribution in [2.75, 3.05) is 0 Å². The highest BCUT2D eigenvalue weighted by atomic mass is 15.0. The summed E-state index contributed by atoms with van der Waals surface area (Å²) in [5.74, 6) is 0. The quantitative estimate of drug-likeness (QED) is 0.227. The third-order valence-corrected chi connectivity index (χ3v) is 8.07. The van der Waals surface area contributed by atoms with Gasteiger partial charge in [0.1, 0.15) is 11.7 Å². The molecule has 0 amide bonds.